The number of aromatic amines is 1. The summed E-state index contributed by atoms with van der Waals surface area (Å²) in [6.07, 6.45) is 3.04. The standard InChI is InChI=1S/C17H12N4O/c18-11-12-5-1-3-7-14(12)19-17(22)10-9-16-13-6-2-4-8-15(13)20-21-16/h1-10H,(H,19,22)(H,20,21). The fourth-order valence-corrected chi connectivity index (χ4v) is 2.13. The summed E-state index contributed by atoms with van der Waals surface area (Å²) in [5.74, 6) is -0.310. The van der Waals surface area contributed by atoms with Gasteiger partial charge >= 0.3 is 0 Å². The van der Waals surface area contributed by atoms with Gasteiger partial charge in [0.05, 0.1) is 22.5 Å². The molecule has 3 aromatic rings. The summed E-state index contributed by atoms with van der Waals surface area (Å²) in [6, 6.07) is 16.6. The molecule has 0 unspecified atom stereocenters. The first-order valence-corrected chi connectivity index (χ1v) is 6.69. The van der Waals surface area contributed by atoms with Crippen LogP contribution >= 0.6 is 0 Å². The number of anilines is 1. The Labute approximate surface area is 126 Å². The lowest BCUT2D eigenvalue weighted by Gasteiger charge is -2.03. The molecule has 1 heterocycles. The van der Waals surface area contributed by atoms with Crippen molar-refractivity contribution in [3.05, 3.63) is 65.9 Å². The van der Waals surface area contributed by atoms with E-state index in [9.17, 15) is 4.79 Å². The van der Waals surface area contributed by atoms with Gasteiger partial charge in [0.1, 0.15) is 6.07 Å². The molecule has 0 aliphatic carbocycles. The molecule has 2 aromatic carbocycles. The number of para-hydroxylation sites is 2. The quantitative estimate of drug-likeness (QED) is 0.727. The Bertz CT molecular complexity index is 902. The van der Waals surface area contributed by atoms with E-state index >= 15 is 0 Å². The molecule has 22 heavy (non-hydrogen) atoms. The molecule has 1 amide bonds. The van der Waals surface area contributed by atoms with E-state index in [1.54, 1.807) is 30.3 Å². The number of nitrogens with one attached hydrogen (secondary N) is 2. The molecule has 5 nitrogen and oxygen atoms in total. The van der Waals surface area contributed by atoms with E-state index in [0.29, 0.717) is 16.9 Å². The van der Waals surface area contributed by atoms with Crippen LogP contribution in [-0.4, -0.2) is 16.1 Å². The topological polar surface area (TPSA) is 81.6 Å². The van der Waals surface area contributed by atoms with Crippen molar-refractivity contribution in [3.63, 3.8) is 0 Å². The van der Waals surface area contributed by atoms with Gasteiger partial charge in [0.25, 0.3) is 0 Å². The first kappa shape index (κ1) is 13.6. The number of rotatable bonds is 3. The number of amides is 1. The van der Waals surface area contributed by atoms with Crippen LogP contribution in [-0.2, 0) is 4.79 Å². The Hall–Kier alpha value is -3.39. The highest BCUT2D eigenvalue weighted by Gasteiger charge is 2.05. The number of fused-ring (bicyclic) bond motifs is 1. The smallest absolute Gasteiger partial charge is 0.248 e. The van der Waals surface area contributed by atoms with Crippen LogP contribution < -0.4 is 5.32 Å². The lowest BCUT2D eigenvalue weighted by molar-refractivity contribution is -0.111. The third-order valence-electron chi connectivity index (χ3n) is 3.20. The zero-order valence-corrected chi connectivity index (χ0v) is 11.6. The maximum absolute atomic E-state index is 12.0. The van der Waals surface area contributed by atoms with Crippen LogP contribution in [0.2, 0.25) is 0 Å². The van der Waals surface area contributed by atoms with Crippen LogP contribution in [0.3, 0.4) is 0 Å². The van der Waals surface area contributed by atoms with Gasteiger partial charge in [0.15, 0.2) is 0 Å². The van der Waals surface area contributed by atoms with Gasteiger partial charge in [0.2, 0.25) is 5.91 Å². The van der Waals surface area contributed by atoms with E-state index in [2.05, 4.69) is 15.5 Å². The molecule has 0 saturated heterocycles. The Morgan fingerprint density at radius 3 is 2.82 bits per heavy atom. The molecule has 106 valence electrons. The van der Waals surface area contributed by atoms with E-state index in [0.717, 1.165) is 10.9 Å². The van der Waals surface area contributed by atoms with Gasteiger partial charge in [-0.1, -0.05) is 30.3 Å². The summed E-state index contributed by atoms with van der Waals surface area (Å²) < 4.78 is 0. The van der Waals surface area contributed by atoms with E-state index in [-0.39, 0.29) is 5.91 Å². The van der Waals surface area contributed by atoms with Crippen molar-refractivity contribution in [3.8, 4) is 6.07 Å². The van der Waals surface area contributed by atoms with E-state index in [1.165, 1.54) is 6.08 Å². The summed E-state index contributed by atoms with van der Waals surface area (Å²) in [7, 11) is 0. The van der Waals surface area contributed by atoms with Crippen molar-refractivity contribution < 1.29 is 4.79 Å². The molecule has 0 fully saturated rings. The minimum Gasteiger partial charge on any atom is -0.321 e. The molecule has 0 radical (unpaired) electrons. The molecule has 3 rings (SSSR count). The van der Waals surface area contributed by atoms with Crippen molar-refractivity contribution >= 4 is 28.6 Å². The fraction of sp³-hybridized carbons (Fsp3) is 0. The first-order chi connectivity index (χ1) is 10.8. The number of carbonyl (C=O) groups is 1. The SMILES string of the molecule is N#Cc1ccccc1NC(=O)C=Cc1n[nH]c2ccccc12. The zero-order valence-electron chi connectivity index (χ0n) is 11.6. The third-order valence-corrected chi connectivity index (χ3v) is 3.20. The normalized spacial score (nSPS) is 10.7. The van der Waals surface area contributed by atoms with Gasteiger partial charge in [0, 0.05) is 11.5 Å². The highest BCUT2D eigenvalue weighted by molar-refractivity contribution is 6.03. The third kappa shape index (κ3) is 2.72. The van der Waals surface area contributed by atoms with Crippen molar-refractivity contribution in [2.45, 2.75) is 0 Å². The molecular weight excluding hydrogens is 276 g/mol. The Balaban J connectivity index is 1.78. The van der Waals surface area contributed by atoms with Gasteiger partial charge in [-0.05, 0) is 24.3 Å². The summed E-state index contributed by atoms with van der Waals surface area (Å²) >= 11 is 0. The molecular formula is C17H12N4O. The number of carbonyl (C=O) groups excluding carboxylic acids is 1. The fourth-order valence-electron chi connectivity index (χ4n) is 2.13. The number of H-pyrrole nitrogens is 1. The van der Waals surface area contributed by atoms with Gasteiger partial charge in [-0.2, -0.15) is 10.4 Å². The first-order valence-electron chi connectivity index (χ1n) is 6.69. The molecule has 0 aliphatic rings. The van der Waals surface area contributed by atoms with Gasteiger partial charge in [-0.15, -0.1) is 0 Å². The molecule has 0 atom stereocenters. The molecule has 0 saturated carbocycles. The number of hydrogen-bond acceptors (Lipinski definition) is 3. The lowest BCUT2D eigenvalue weighted by Crippen LogP contribution is -2.08. The van der Waals surface area contributed by atoms with Crippen LogP contribution in [0.5, 0.6) is 0 Å². The minimum atomic E-state index is -0.310. The van der Waals surface area contributed by atoms with Crippen LogP contribution in [0.15, 0.2) is 54.6 Å². The molecule has 2 N–H and O–H groups in total. The second-order valence-electron chi connectivity index (χ2n) is 4.63. The van der Waals surface area contributed by atoms with Gasteiger partial charge < -0.3 is 5.32 Å². The van der Waals surface area contributed by atoms with E-state index < -0.39 is 0 Å². The molecule has 0 aliphatic heterocycles. The maximum atomic E-state index is 12.0. The van der Waals surface area contributed by atoms with Gasteiger partial charge in [-0.25, -0.2) is 0 Å². The number of aromatic nitrogens is 2. The van der Waals surface area contributed by atoms with E-state index in [1.807, 2.05) is 30.3 Å². The number of nitriles is 1. The monoisotopic (exact) mass is 288 g/mol. The van der Waals surface area contributed by atoms with Crippen molar-refractivity contribution in [1.29, 1.82) is 5.26 Å². The summed E-state index contributed by atoms with van der Waals surface area (Å²) in [5, 5.41) is 19.7. The van der Waals surface area contributed by atoms with Crippen LogP contribution in [0, 0.1) is 11.3 Å². The van der Waals surface area contributed by atoms with Crippen LogP contribution in [0.4, 0.5) is 5.69 Å². The van der Waals surface area contributed by atoms with Crippen molar-refractivity contribution in [2.75, 3.05) is 5.32 Å². The second kappa shape index (κ2) is 5.94. The average Bonchev–Trinajstić information content (AvgIpc) is 2.97. The summed E-state index contributed by atoms with van der Waals surface area (Å²) in [5.41, 5.74) is 2.53. The predicted molar refractivity (Wildman–Crippen MR) is 84.9 cm³/mol. The summed E-state index contributed by atoms with van der Waals surface area (Å²) in [4.78, 5) is 12.0. The summed E-state index contributed by atoms with van der Waals surface area (Å²) in [6.45, 7) is 0. The lowest BCUT2D eigenvalue weighted by atomic mass is 10.2. The molecule has 1 aromatic heterocycles. The second-order valence-corrected chi connectivity index (χ2v) is 4.63. The number of nitrogens with zero attached hydrogens (tertiary/aromatic N) is 2. The molecule has 5 heteroatoms. The van der Waals surface area contributed by atoms with E-state index in [4.69, 9.17) is 5.26 Å². The van der Waals surface area contributed by atoms with Crippen LogP contribution in [0.25, 0.3) is 17.0 Å². The zero-order chi connectivity index (χ0) is 15.4. The number of hydrogen-bond donors (Lipinski definition) is 2. The maximum Gasteiger partial charge on any atom is 0.248 e. The minimum absolute atomic E-state index is 0.310. The highest BCUT2D eigenvalue weighted by Crippen LogP contribution is 2.17. The highest BCUT2D eigenvalue weighted by atomic mass is 16.1. The number of benzene rings is 2. The average molecular weight is 288 g/mol. The van der Waals surface area contributed by atoms with Gasteiger partial charge in [-0.3, -0.25) is 9.89 Å². The molecule has 0 spiro atoms. The Morgan fingerprint density at radius 2 is 1.95 bits per heavy atom. The van der Waals surface area contributed by atoms with Crippen LogP contribution in [0.1, 0.15) is 11.3 Å². The van der Waals surface area contributed by atoms with Crippen molar-refractivity contribution in [1.82, 2.24) is 10.2 Å². The predicted octanol–water partition coefficient (Wildman–Crippen LogP) is 3.09. The largest absolute Gasteiger partial charge is 0.321 e. The van der Waals surface area contributed by atoms with Crippen molar-refractivity contribution in [2.24, 2.45) is 0 Å². The Kier molecular flexibility index (Phi) is 3.67. The Morgan fingerprint density at radius 1 is 1.18 bits per heavy atom. The molecule has 0 bridgehead atoms.